The first-order chi connectivity index (χ1) is 9.19. The van der Waals surface area contributed by atoms with Crippen molar-refractivity contribution < 1.29 is 19.1 Å². The topological polar surface area (TPSA) is 64.6 Å². The van der Waals surface area contributed by atoms with Gasteiger partial charge in [0.05, 0.1) is 12.5 Å². The lowest BCUT2D eigenvalue weighted by Crippen LogP contribution is -2.39. The van der Waals surface area contributed by atoms with Gasteiger partial charge in [-0.1, -0.05) is 13.3 Å². The Labute approximate surface area is 122 Å². The van der Waals surface area contributed by atoms with E-state index in [2.05, 4.69) is 5.32 Å². The second-order valence-electron chi connectivity index (χ2n) is 6.02. The van der Waals surface area contributed by atoms with Crippen molar-refractivity contribution in [3.63, 3.8) is 0 Å². The van der Waals surface area contributed by atoms with Crippen molar-refractivity contribution >= 4 is 12.1 Å². The number of esters is 1. The van der Waals surface area contributed by atoms with Crippen LogP contribution in [0.5, 0.6) is 0 Å². The summed E-state index contributed by atoms with van der Waals surface area (Å²) < 4.78 is 10.3. The Morgan fingerprint density at radius 3 is 2.25 bits per heavy atom. The molecule has 0 aromatic carbocycles. The smallest absolute Gasteiger partial charge is 0.407 e. The first-order valence-electron chi connectivity index (χ1n) is 7.35. The Balaban J connectivity index is 4.35. The minimum Gasteiger partial charge on any atom is -0.466 e. The lowest BCUT2D eigenvalue weighted by atomic mass is 9.96. The molecule has 5 heteroatoms. The van der Waals surface area contributed by atoms with Crippen LogP contribution >= 0.6 is 0 Å². The maximum atomic E-state index is 11.8. The van der Waals surface area contributed by atoms with Crippen LogP contribution in [0.25, 0.3) is 0 Å². The molecular weight excluding hydrogens is 258 g/mol. The maximum Gasteiger partial charge on any atom is 0.407 e. The predicted octanol–water partition coefficient (Wildman–Crippen LogP) is 3.27. The van der Waals surface area contributed by atoms with Crippen LogP contribution in [0.2, 0.25) is 0 Å². The molecule has 0 aliphatic heterocycles. The summed E-state index contributed by atoms with van der Waals surface area (Å²) in [6, 6.07) is -0.134. The minimum absolute atomic E-state index is 0.134. The zero-order chi connectivity index (χ0) is 15.8. The van der Waals surface area contributed by atoms with Crippen molar-refractivity contribution in [2.45, 2.75) is 72.4 Å². The Kier molecular flexibility index (Phi) is 8.26. The van der Waals surface area contributed by atoms with Crippen LogP contribution in [0.1, 0.15) is 60.8 Å². The lowest BCUT2D eigenvalue weighted by molar-refractivity contribution is -0.148. The van der Waals surface area contributed by atoms with Crippen LogP contribution in [0.4, 0.5) is 4.79 Å². The number of amides is 1. The summed E-state index contributed by atoms with van der Waals surface area (Å²) in [7, 11) is 0. The number of ether oxygens (including phenoxy) is 2. The summed E-state index contributed by atoms with van der Waals surface area (Å²) in [5.41, 5.74) is -0.520. The van der Waals surface area contributed by atoms with Gasteiger partial charge in [0, 0.05) is 6.04 Å². The SMILES string of the molecule is CCCC(C[C@H](C)NC(=O)OC(C)(C)C)C(=O)OCC. The fourth-order valence-corrected chi connectivity index (χ4v) is 1.93. The van der Waals surface area contributed by atoms with E-state index in [1.165, 1.54) is 0 Å². The number of nitrogens with one attached hydrogen (secondary N) is 1. The van der Waals surface area contributed by atoms with E-state index in [1.54, 1.807) is 6.92 Å². The van der Waals surface area contributed by atoms with Gasteiger partial charge < -0.3 is 14.8 Å². The van der Waals surface area contributed by atoms with E-state index in [9.17, 15) is 9.59 Å². The third-order valence-electron chi connectivity index (χ3n) is 2.66. The van der Waals surface area contributed by atoms with Crippen molar-refractivity contribution in [2.24, 2.45) is 5.92 Å². The molecule has 1 amide bonds. The maximum absolute atomic E-state index is 11.8. The van der Waals surface area contributed by atoms with E-state index in [0.717, 1.165) is 12.8 Å². The molecule has 0 heterocycles. The molecule has 5 nitrogen and oxygen atoms in total. The van der Waals surface area contributed by atoms with Gasteiger partial charge in [-0.05, 0) is 47.5 Å². The molecule has 0 aliphatic carbocycles. The van der Waals surface area contributed by atoms with E-state index in [0.29, 0.717) is 13.0 Å². The molecule has 0 saturated heterocycles. The number of rotatable bonds is 7. The van der Waals surface area contributed by atoms with E-state index in [-0.39, 0.29) is 17.9 Å². The van der Waals surface area contributed by atoms with Gasteiger partial charge in [-0.2, -0.15) is 0 Å². The molecule has 118 valence electrons. The lowest BCUT2D eigenvalue weighted by Gasteiger charge is -2.23. The molecular formula is C15H29NO4. The Morgan fingerprint density at radius 2 is 1.80 bits per heavy atom. The van der Waals surface area contributed by atoms with Gasteiger partial charge in [0.15, 0.2) is 0 Å². The van der Waals surface area contributed by atoms with Crippen molar-refractivity contribution in [2.75, 3.05) is 6.61 Å². The van der Waals surface area contributed by atoms with Crippen molar-refractivity contribution in [1.82, 2.24) is 5.32 Å². The van der Waals surface area contributed by atoms with E-state index >= 15 is 0 Å². The zero-order valence-corrected chi connectivity index (χ0v) is 13.6. The molecule has 0 fully saturated rings. The highest BCUT2D eigenvalue weighted by molar-refractivity contribution is 5.72. The molecule has 0 rings (SSSR count). The molecule has 0 aromatic rings. The molecule has 0 bridgehead atoms. The molecule has 0 spiro atoms. The van der Waals surface area contributed by atoms with Gasteiger partial charge >= 0.3 is 12.1 Å². The third-order valence-corrected chi connectivity index (χ3v) is 2.66. The average molecular weight is 287 g/mol. The quantitative estimate of drug-likeness (QED) is 0.730. The number of hydrogen-bond donors (Lipinski definition) is 1. The molecule has 0 aliphatic rings. The highest BCUT2D eigenvalue weighted by Crippen LogP contribution is 2.16. The number of carbonyl (C=O) groups excluding carboxylic acids is 2. The van der Waals surface area contributed by atoms with Crippen LogP contribution in [-0.4, -0.2) is 30.3 Å². The summed E-state index contributed by atoms with van der Waals surface area (Å²) in [6.45, 7) is 11.5. The van der Waals surface area contributed by atoms with Crippen LogP contribution in [0, 0.1) is 5.92 Å². The van der Waals surface area contributed by atoms with Gasteiger partial charge in [0.2, 0.25) is 0 Å². The summed E-state index contributed by atoms with van der Waals surface area (Å²) >= 11 is 0. The number of carbonyl (C=O) groups is 2. The monoisotopic (exact) mass is 287 g/mol. The molecule has 0 radical (unpaired) electrons. The average Bonchev–Trinajstić information content (AvgIpc) is 2.25. The molecule has 0 aromatic heterocycles. The minimum atomic E-state index is -0.520. The molecule has 1 unspecified atom stereocenters. The normalized spacial score (nSPS) is 14.3. The standard InChI is InChI=1S/C15H29NO4/c1-7-9-12(13(17)19-8-2)10-11(3)16-14(18)20-15(4,5)6/h11-12H,7-10H2,1-6H3,(H,16,18)/t11-,12?/m0/s1. The van der Waals surface area contributed by atoms with Gasteiger partial charge in [0.1, 0.15) is 5.60 Å². The van der Waals surface area contributed by atoms with Crippen molar-refractivity contribution in [1.29, 1.82) is 0 Å². The van der Waals surface area contributed by atoms with Crippen molar-refractivity contribution in [3.05, 3.63) is 0 Å². The second-order valence-corrected chi connectivity index (χ2v) is 6.02. The van der Waals surface area contributed by atoms with Crippen LogP contribution < -0.4 is 5.32 Å². The Hall–Kier alpha value is -1.26. The summed E-state index contributed by atoms with van der Waals surface area (Å²) in [4.78, 5) is 23.5. The third kappa shape index (κ3) is 8.77. The number of hydrogen-bond acceptors (Lipinski definition) is 4. The van der Waals surface area contributed by atoms with E-state index in [4.69, 9.17) is 9.47 Å². The zero-order valence-electron chi connectivity index (χ0n) is 13.6. The van der Waals surface area contributed by atoms with Crippen molar-refractivity contribution in [3.8, 4) is 0 Å². The van der Waals surface area contributed by atoms with Crippen LogP contribution in [0.3, 0.4) is 0 Å². The summed E-state index contributed by atoms with van der Waals surface area (Å²) in [5.74, 6) is -0.364. The molecule has 20 heavy (non-hydrogen) atoms. The first kappa shape index (κ1) is 18.7. The predicted molar refractivity (Wildman–Crippen MR) is 78.5 cm³/mol. The van der Waals surface area contributed by atoms with E-state index in [1.807, 2.05) is 34.6 Å². The molecule has 0 saturated carbocycles. The van der Waals surface area contributed by atoms with Gasteiger partial charge in [-0.15, -0.1) is 0 Å². The van der Waals surface area contributed by atoms with Gasteiger partial charge in [-0.3, -0.25) is 4.79 Å². The fraction of sp³-hybridized carbons (Fsp3) is 0.867. The number of alkyl carbamates (subject to hydrolysis) is 1. The van der Waals surface area contributed by atoms with Gasteiger partial charge in [0.25, 0.3) is 0 Å². The van der Waals surface area contributed by atoms with Crippen LogP contribution in [0.15, 0.2) is 0 Å². The second kappa shape index (κ2) is 8.82. The largest absolute Gasteiger partial charge is 0.466 e. The highest BCUT2D eigenvalue weighted by atomic mass is 16.6. The summed E-state index contributed by atoms with van der Waals surface area (Å²) in [5, 5.41) is 2.75. The Morgan fingerprint density at radius 1 is 1.20 bits per heavy atom. The Bertz CT molecular complexity index is 309. The van der Waals surface area contributed by atoms with E-state index < -0.39 is 11.7 Å². The highest BCUT2D eigenvalue weighted by Gasteiger charge is 2.24. The fourth-order valence-electron chi connectivity index (χ4n) is 1.93. The molecule has 1 N–H and O–H groups in total. The first-order valence-corrected chi connectivity index (χ1v) is 7.35. The van der Waals surface area contributed by atoms with Crippen LogP contribution in [-0.2, 0) is 14.3 Å². The van der Waals surface area contributed by atoms with Gasteiger partial charge in [-0.25, -0.2) is 4.79 Å². The summed E-state index contributed by atoms with van der Waals surface area (Å²) in [6.07, 6.45) is 1.78. The molecule has 2 atom stereocenters.